The van der Waals surface area contributed by atoms with Crippen LogP contribution in [-0.4, -0.2) is 49.8 Å². The van der Waals surface area contributed by atoms with Gasteiger partial charge in [0.2, 0.25) is 0 Å². The third kappa shape index (κ3) is 3.87. The Morgan fingerprint density at radius 2 is 1.69 bits per heavy atom. The van der Waals surface area contributed by atoms with E-state index in [1.165, 1.54) is 0 Å². The first kappa shape index (κ1) is 18.7. The third-order valence-corrected chi connectivity index (χ3v) is 5.21. The van der Waals surface area contributed by atoms with Crippen LogP contribution in [0.4, 0.5) is 5.69 Å². The van der Waals surface area contributed by atoms with Gasteiger partial charge in [-0.3, -0.25) is 0 Å². The van der Waals surface area contributed by atoms with Crippen molar-refractivity contribution >= 4 is 5.69 Å². The number of nitrogens with zero attached hydrogens (tertiary/aromatic N) is 2. The van der Waals surface area contributed by atoms with Crippen molar-refractivity contribution in [3.05, 3.63) is 48.0 Å². The summed E-state index contributed by atoms with van der Waals surface area (Å²) in [6.45, 7) is 11.1. The Kier molecular flexibility index (Phi) is 5.54. The first-order valence-electron chi connectivity index (χ1n) is 9.41. The van der Waals surface area contributed by atoms with Crippen LogP contribution in [0.1, 0.15) is 26.3 Å². The molecule has 2 aromatic carbocycles. The number of hydrogen-bond donors (Lipinski definition) is 1. The summed E-state index contributed by atoms with van der Waals surface area (Å²) in [7, 11) is 1.68. The Morgan fingerprint density at radius 1 is 1.04 bits per heavy atom. The number of anilines is 1. The second-order valence-electron chi connectivity index (χ2n) is 7.42. The van der Waals surface area contributed by atoms with Crippen LogP contribution in [0.2, 0.25) is 0 Å². The molecule has 1 heterocycles. The number of aliphatic hydroxyl groups is 1. The van der Waals surface area contributed by atoms with E-state index in [2.05, 4.69) is 41.0 Å². The number of benzene rings is 2. The highest BCUT2D eigenvalue weighted by atomic mass is 16.5. The second-order valence-corrected chi connectivity index (χ2v) is 7.42. The number of piperazine rings is 1. The molecule has 0 aliphatic carbocycles. The van der Waals surface area contributed by atoms with E-state index in [-0.39, 0.29) is 0 Å². The maximum atomic E-state index is 10.8. The molecular formula is C22H30N2O2. The van der Waals surface area contributed by atoms with E-state index >= 15 is 0 Å². The lowest BCUT2D eigenvalue weighted by molar-refractivity contribution is 0.0757. The molecule has 4 heteroatoms. The van der Waals surface area contributed by atoms with Gasteiger partial charge in [0.1, 0.15) is 5.75 Å². The van der Waals surface area contributed by atoms with Crippen molar-refractivity contribution in [1.29, 1.82) is 0 Å². The standard InChI is InChI=1S/C22H30N2O2/c1-5-23-11-13-24(14-12-23)18-15-19(17-9-7-6-8-10-17)21(26-4)20(16-18)22(2,3)25/h6-10,15-16,25H,5,11-14H2,1-4H3. The van der Waals surface area contributed by atoms with E-state index < -0.39 is 5.60 Å². The molecule has 1 aliphatic rings. The normalized spacial score (nSPS) is 16.0. The summed E-state index contributed by atoms with van der Waals surface area (Å²) in [5, 5.41) is 10.8. The van der Waals surface area contributed by atoms with Crippen molar-refractivity contribution in [3.8, 4) is 16.9 Å². The van der Waals surface area contributed by atoms with Gasteiger partial charge in [0.25, 0.3) is 0 Å². The molecule has 1 aliphatic heterocycles. The highest BCUT2D eigenvalue weighted by molar-refractivity contribution is 5.77. The fourth-order valence-electron chi connectivity index (χ4n) is 3.62. The molecule has 0 atom stereocenters. The topological polar surface area (TPSA) is 35.9 Å². The lowest BCUT2D eigenvalue weighted by Crippen LogP contribution is -2.46. The van der Waals surface area contributed by atoms with Crippen molar-refractivity contribution in [2.75, 3.05) is 44.7 Å². The van der Waals surface area contributed by atoms with Crippen LogP contribution in [0, 0.1) is 0 Å². The number of hydrogen-bond acceptors (Lipinski definition) is 4. The number of likely N-dealkylation sites (N-methyl/N-ethyl adjacent to an activating group) is 1. The Balaban J connectivity index is 2.08. The predicted molar refractivity (Wildman–Crippen MR) is 108 cm³/mol. The zero-order valence-electron chi connectivity index (χ0n) is 16.3. The predicted octanol–water partition coefficient (Wildman–Crippen LogP) is 3.73. The first-order valence-corrected chi connectivity index (χ1v) is 9.41. The van der Waals surface area contributed by atoms with E-state index in [0.717, 1.165) is 60.9 Å². The zero-order valence-corrected chi connectivity index (χ0v) is 16.3. The molecule has 26 heavy (non-hydrogen) atoms. The maximum absolute atomic E-state index is 10.8. The average Bonchev–Trinajstić information content (AvgIpc) is 2.67. The van der Waals surface area contributed by atoms with Gasteiger partial charge < -0.3 is 19.6 Å². The van der Waals surface area contributed by atoms with Gasteiger partial charge in [-0.05, 0) is 38.1 Å². The van der Waals surface area contributed by atoms with Gasteiger partial charge in [0.05, 0.1) is 12.7 Å². The fraction of sp³-hybridized carbons (Fsp3) is 0.455. The average molecular weight is 354 g/mol. The maximum Gasteiger partial charge on any atom is 0.132 e. The summed E-state index contributed by atoms with van der Waals surface area (Å²) in [5.74, 6) is 0.750. The molecule has 0 aromatic heterocycles. The molecule has 0 bridgehead atoms. The van der Waals surface area contributed by atoms with Crippen LogP contribution in [-0.2, 0) is 5.60 Å². The van der Waals surface area contributed by atoms with E-state index in [9.17, 15) is 5.11 Å². The number of methoxy groups -OCH3 is 1. The smallest absolute Gasteiger partial charge is 0.132 e. The van der Waals surface area contributed by atoms with Crippen molar-refractivity contribution in [3.63, 3.8) is 0 Å². The van der Waals surface area contributed by atoms with Crippen molar-refractivity contribution in [2.45, 2.75) is 26.4 Å². The van der Waals surface area contributed by atoms with Crippen LogP contribution < -0.4 is 9.64 Å². The summed E-state index contributed by atoms with van der Waals surface area (Å²) < 4.78 is 5.75. The molecule has 1 fully saturated rings. The monoisotopic (exact) mass is 354 g/mol. The number of ether oxygens (including phenoxy) is 1. The second kappa shape index (κ2) is 7.68. The Bertz CT molecular complexity index is 730. The molecule has 0 amide bonds. The number of rotatable bonds is 5. The van der Waals surface area contributed by atoms with E-state index in [0.29, 0.717) is 0 Å². The molecule has 2 aromatic rings. The minimum atomic E-state index is -0.976. The van der Waals surface area contributed by atoms with Crippen LogP contribution in [0.3, 0.4) is 0 Å². The highest BCUT2D eigenvalue weighted by Gasteiger charge is 2.26. The van der Waals surface area contributed by atoms with Gasteiger partial charge in [0, 0.05) is 43.0 Å². The van der Waals surface area contributed by atoms with Gasteiger partial charge in [-0.1, -0.05) is 37.3 Å². The van der Waals surface area contributed by atoms with Crippen molar-refractivity contribution in [2.24, 2.45) is 0 Å². The molecule has 4 nitrogen and oxygen atoms in total. The summed E-state index contributed by atoms with van der Waals surface area (Å²) in [4.78, 5) is 4.88. The molecule has 140 valence electrons. The molecule has 0 unspecified atom stereocenters. The molecule has 3 rings (SSSR count). The SMILES string of the molecule is CCN1CCN(c2cc(-c3ccccc3)c(OC)c(C(C)(C)O)c2)CC1. The quantitative estimate of drug-likeness (QED) is 0.887. The molecule has 1 saturated heterocycles. The lowest BCUT2D eigenvalue weighted by atomic mass is 9.91. The van der Waals surface area contributed by atoms with Crippen molar-refractivity contribution < 1.29 is 9.84 Å². The van der Waals surface area contributed by atoms with Crippen LogP contribution in [0.25, 0.3) is 11.1 Å². The Hall–Kier alpha value is -2.04. The highest BCUT2D eigenvalue weighted by Crippen LogP contribution is 2.41. The van der Waals surface area contributed by atoms with Gasteiger partial charge in [-0.15, -0.1) is 0 Å². The Labute approximate surface area is 157 Å². The van der Waals surface area contributed by atoms with Gasteiger partial charge in [-0.25, -0.2) is 0 Å². The van der Waals surface area contributed by atoms with Gasteiger partial charge in [-0.2, -0.15) is 0 Å². The first-order chi connectivity index (χ1) is 12.4. The summed E-state index contributed by atoms with van der Waals surface area (Å²) >= 11 is 0. The lowest BCUT2D eigenvalue weighted by Gasteiger charge is -2.36. The van der Waals surface area contributed by atoms with Gasteiger partial charge >= 0.3 is 0 Å². The van der Waals surface area contributed by atoms with E-state index in [1.54, 1.807) is 7.11 Å². The van der Waals surface area contributed by atoms with E-state index in [1.807, 2.05) is 32.0 Å². The zero-order chi connectivity index (χ0) is 18.7. The molecule has 0 saturated carbocycles. The molecular weight excluding hydrogens is 324 g/mol. The molecule has 0 spiro atoms. The van der Waals surface area contributed by atoms with Crippen LogP contribution >= 0.6 is 0 Å². The van der Waals surface area contributed by atoms with E-state index in [4.69, 9.17) is 4.74 Å². The van der Waals surface area contributed by atoms with Crippen LogP contribution in [0.15, 0.2) is 42.5 Å². The minimum Gasteiger partial charge on any atom is -0.496 e. The van der Waals surface area contributed by atoms with Gasteiger partial charge in [0.15, 0.2) is 0 Å². The molecule has 0 radical (unpaired) electrons. The fourth-order valence-corrected chi connectivity index (χ4v) is 3.62. The minimum absolute atomic E-state index is 0.750. The third-order valence-electron chi connectivity index (χ3n) is 5.21. The summed E-state index contributed by atoms with van der Waals surface area (Å²) in [5.41, 5.74) is 3.13. The molecule has 1 N–H and O–H groups in total. The summed E-state index contributed by atoms with van der Waals surface area (Å²) in [6, 6.07) is 14.5. The summed E-state index contributed by atoms with van der Waals surface area (Å²) in [6.07, 6.45) is 0. The van der Waals surface area contributed by atoms with Crippen molar-refractivity contribution in [1.82, 2.24) is 4.90 Å². The Morgan fingerprint density at radius 3 is 2.23 bits per heavy atom. The van der Waals surface area contributed by atoms with Crippen LogP contribution in [0.5, 0.6) is 5.75 Å². The largest absolute Gasteiger partial charge is 0.496 e.